The van der Waals surface area contributed by atoms with Crippen LogP contribution in [0.4, 0.5) is 28.9 Å². The Kier molecular flexibility index (Phi) is 8.53. The molecule has 0 radical (unpaired) electrons. The van der Waals surface area contributed by atoms with Crippen LogP contribution in [0.5, 0.6) is 5.75 Å². The monoisotopic (exact) mass is 592 g/mol. The molecule has 218 valence electrons. The summed E-state index contributed by atoms with van der Waals surface area (Å²) in [5.41, 5.74) is -3.19. The fourth-order valence-corrected chi connectivity index (χ4v) is 5.40. The second-order valence-electron chi connectivity index (χ2n) is 9.85. The quantitative estimate of drug-likeness (QED) is 0.193. The lowest BCUT2D eigenvalue weighted by Crippen LogP contribution is -2.46. The van der Waals surface area contributed by atoms with Crippen LogP contribution in [0.1, 0.15) is 22.3 Å². The second kappa shape index (κ2) is 12.1. The summed E-state index contributed by atoms with van der Waals surface area (Å²) in [4.78, 5) is 13.6. The molecule has 0 saturated carbocycles. The van der Waals surface area contributed by atoms with Gasteiger partial charge in [0.25, 0.3) is 0 Å². The summed E-state index contributed by atoms with van der Waals surface area (Å²) in [6.07, 6.45) is 0.833. The van der Waals surface area contributed by atoms with E-state index in [0.717, 1.165) is 0 Å². The lowest BCUT2D eigenvalue weighted by Gasteiger charge is -2.33. The molecule has 0 unspecified atom stereocenters. The zero-order valence-corrected chi connectivity index (χ0v) is 22.8. The summed E-state index contributed by atoms with van der Waals surface area (Å²) in [5, 5.41) is 15.5. The fraction of sp³-hybridized carbons (Fsp3) is 0.393. The summed E-state index contributed by atoms with van der Waals surface area (Å²) < 4.78 is 67.5. The van der Waals surface area contributed by atoms with Crippen molar-refractivity contribution in [3.63, 3.8) is 0 Å². The van der Waals surface area contributed by atoms with Gasteiger partial charge in [0.2, 0.25) is 0 Å². The van der Waals surface area contributed by atoms with Gasteiger partial charge in [0.05, 0.1) is 53.8 Å². The summed E-state index contributed by atoms with van der Waals surface area (Å²) >= 11 is -0.278. The van der Waals surface area contributed by atoms with Crippen molar-refractivity contribution in [2.75, 3.05) is 50.5 Å². The molecule has 2 aliphatic rings. The molecule has 2 atom stereocenters. The van der Waals surface area contributed by atoms with Crippen molar-refractivity contribution in [2.24, 2.45) is 0 Å². The minimum absolute atomic E-state index is 0.00252. The van der Waals surface area contributed by atoms with Crippen LogP contribution >= 0.6 is 11.8 Å². The Morgan fingerprint density at radius 3 is 2.73 bits per heavy atom. The first-order chi connectivity index (χ1) is 19.6. The van der Waals surface area contributed by atoms with Crippen LogP contribution < -0.4 is 15.4 Å². The number of ether oxygens (including phenoxy) is 2. The summed E-state index contributed by atoms with van der Waals surface area (Å²) in [7, 11) is 1.84. The van der Waals surface area contributed by atoms with Gasteiger partial charge in [-0.2, -0.15) is 13.2 Å². The number of nitrogens with one attached hydrogen (secondary N) is 2. The second-order valence-corrected chi connectivity index (χ2v) is 10.9. The van der Waals surface area contributed by atoms with Gasteiger partial charge < -0.3 is 34.5 Å². The predicted molar refractivity (Wildman–Crippen MR) is 148 cm³/mol. The molecule has 0 spiro atoms. The van der Waals surface area contributed by atoms with Crippen LogP contribution in [0.2, 0.25) is 0 Å². The number of pyridine rings is 1. The Hall–Kier alpha value is -3.60. The number of aromatic nitrogens is 1. The van der Waals surface area contributed by atoms with Gasteiger partial charge in [0.1, 0.15) is 23.1 Å². The highest BCUT2D eigenvalue weighted by atomic mass is 32.2. The number of halogens is 4. The number of hydrogen-bond donors (Lipinski definition) is 3. The molecular weight excluding hydrogens is 564 g/mol. The van der Waals surface area contributed by atoms with E-state index in [0.29, 0.717) is 43.1 Å². The zero-order valence-electron chi connectivity index (χ0n) is 22.0. The van der Waals surface area contributed by atoms with Crippen molar-refractivity contribution in [2.45, 2.75) is 35.3 Å². The number of hydrogen-bond acceptors (Lipinski definition) is 7. The van der Waals surface area contributed by atoms with Gasteiger partial charge in [0.15, 0.2) is 0 Å². The van der Waals surface area contributed by atoms with E-state index in [-0.39, 0.29) is 52.8 Å². The highest BCUT2D eigenvalue weighted by Crippen LogP contribution is 2.41. The fourth-order valence-electron chi connectivity index (χ4n) is 4.70. The van der Waals surface area contributed by atoms with E-state index in [1.54, 1.807) is 30.3 Å². The summed E-state index contributed by atoms with van der Waals surface area (Å²) in [6, 6.07) is 8.89. The van der Waals surface area contributed by atoms with Gasteiger partial charge in [-0.1, -0.05) is 11.8 Å². The minimum atomic E-state index is -4.56. The van der Waals surface area contributed by atoms with E-state index < -0.39 is 23.7 Å². The maximum atomic E-state index is 14.7. The van der Waals surface area contributed by atoms with Crippen molar-refractivity contribution in [3.8, 4) is 17.6 Å². The molecule has 0 amide bonds. The average Bonchev–Trinajstić information content (AvgIpc) is 3.22. The summed E-state index contributed by atoms with van der Waals surface area (Å²) in [6.45, 7) is 1.83. The third-order valence-corrected chi connectivity index (χ3v) is 7.62. The van der Waals surface area contributed by atoms with Crippen LogP contribution in [-0.4, -0.2) is 84.1 Å². The number of thioether (sulfide) groups is 1. The van der Waals surface area contributed by atoms with Crippen molar-refractivity contribution in [1.82, 2.24) is 9.30 Å². The maximum absolute atomic E-state index is 14.7. The van der Waals surface area contributed by atoms with Crippen molar-refractivity contribution in [1.29, 1.82) is 0 Å². The standard InChI is InChI=1S/C28H28F4N4O4S/c1-35-11-8-22(21(29)14-35)34-23-5-3-10-36-25(23)12-17(26(36)41-28(30,31)32)4-2-9-33-24-13-18(40-19-15-39-16-19)6-7-20(24)27(37)38/h3,5-7,10,12-13,19,21-22,33-34H,8-9,11,14-16H2,1H3,(H,37,38)/t21-,22+/m0/s1. The molecule has 2 fully saturated rings. The number of rotatable bonds is 8. The zero-order chi connectivity index (χ0) is 29.1. The predicted octanol–water partition coefficient (Wildman–Crippen LogP) is 4.94. The largest absolute Gasteiger partial charge is 0.486 e. The molecule has 3 N–H and O–H groups in total. The molecule has 3 aromatic rings. The van der Waals surface area contributed by atoms with Crippen molar-refractivity contribution < 1.29 is 36.9 Å². The molecular formula is C28H28F4N4O4S. The Balaban J connectivity index is 1.39. The van der Waals surface area contributed by atoms with Crippen LogP contribution in [0.25, 0.3) is 5.52 Å². The van der Waals surface area contributed by atoms with E-state index in [1.165, 1.54) is 16.7 Å². The van der Waals surface area contributed by atoms with Crippen LogP contribution in [-0.2, 0) is 4.74 Å². The molecule has 2 aromatic heterocycles. The van der Waals surface area contributed by atoms with Gasteiger partial charge in [-0.15, -0.1) is 0 Å². The molecule has 41 heavy (non-hydrogen) atoms. The SMILES string of the molecule is CN1CC[C@@H](Nc2cccn3c(SC(F)(F)F)c(C#CCNc4cc(OC5COC5)ccc4C(=O)O)cc23)[C@@H](F)C1. The molecule has 0 bridgehead atoms. The molecule has 1 aromatic carbocycles. The van der Waals surface area contributed by atoms with Crippen LogP contribution in [0.3, 0.4) is 0 Å². The first-order valence-corrected chi connectivity index (χ1v) is 13.7. The number of carboxylic acid groups (broad SMARTS) is 1. The van der Waals surface area contributed by atoms with Crippen LogP contribution in [0.15, 0.2) is 47.6 Å². The normalized spacial score (nSPS) is 19.7. The number of alkyl halides is 4. The Bertz CT molecular complexity index is 1480. The topological polar surface area (TPSA) is 87.5 Å². The number of carboxylic acids is 1. The number of carbonyl (C=O) groups is 1. The van der Waals surface area contributed by atoms with Gasteiger partial charge >= 0.3 is 11.5 Å². The van der Waals surface area contributed by atoms with Gasteiger partial charge in [-0.25, -0.2) is 9.18 Å². The van der Waals surface area contributed by atoms with Gasteiger partial charge in [0, 0.05) is 37.1 Å². The molecule has 8 nitrogen and oxygen atoms in total. The minimum Gasteiger partial charge on any atom is -0.486 e. The Labute approximate surface area is 238 Å². The van der Waals surface area contributed by atoms with Gasteiger partial charge in [-0.05, 0) is 43.8 Å². The first-order valence-electron chi connectivity index (χ1n) is 12.9. The molecule has 2 saturated heterocycles. The number of piperidine rings is 1. The highest BCUT2D eigenvalue weighted by Gasteiger charge is 2.33. The van der Waals surface area contributed by atoms with Crippen molar-refractivity contribution >= 4 is 34.6 Å². The molecule has 13 heteroatoms. The molecule has 0 aliphatic carbocycles. The van der Waals surface area contributed by atoms with Crippen molar-refractivity contribution in [3.05, 3.63) is 53.7 Å². The lowest BCUT2D eigenvalue weighted by atomic mass is 10.0. The molecule has 2 aliphatic heterocycles. The number of anilines is 2. The summed E-state index contributed by atoms with van der Waals surface area (Å²) in [5.74, 6) is 4.91. The van der Waals surface area contributed by atoms with E-state index in [4.69, 9.17) is 9.47 Å². The third-order valence-electron chi connectivity index (χ3n) is 6.78. The smallest absolute Gasteiger partial charge is 0.447 e. The molecule has 5 rings (SSSR count). The maximum Gasteiger partial charge on any atom is 0.447 e. The third kappa shape index (κ3) is 7.01. The van der Waals surface area contributed by atoms with E-state index in [1.807, 2.05) is 11.9 Å². The lowest BCUT2D eigenvalue weighted by molar-refractivity contribution is -0.0796. The van der Waals surface area contributed by atoms with Gasteiger partial charge in [-0.3, -0.25) is 0 Å². The first kappa shape index (κ1) is 28.9. The number of aromatic carboxylic acids is 1. The number of likely N-dealkylation sites (tertiary alicyclic amines) is 1. The Morgan fingerprint density at radius 1 is 1.24 bits per heavy atom. The Morgan fingerprint density at radius 2 is 2.05 bits per heavy atom. The number of fused-ring (bicyclic) bond motifs is 1. The van der Waals surface area contributed by atoms with E-state index in [9.17, 15) is 27.5 Å². The van der Waals surface area contributed by atoms with E-state index >= 15 is 0 Å². The average molecular weight is 593 g/mol. The molecule has 4 heterocycles. The number of benzene rings is 1. The number of nitrogens with zero attached hydrogens (tertiary/aromatic N) is 2. The van der Waals surface area contributed by atoms with Crippen LogP contribution in [0, 0.1) is 11.8 Å². The van der Waals surface area contributed by atoms with E-state index in [2.05, 4.69) is 22.5 Å². The highest BCUT2D eigenvalue weighted by molar-refractivity contribution is 8.00.